The molecule has 0 atom stereocenters. The molecule has 4 heteroatoms. The number of nitrogens with two attached hydrogens (primary N) is 1. The predicted octanol–water partition coefficient (Wildman–Crippen LogP) is 1.78. The van der Waals surface area contributed by atoms with Crippen molar-refractivity contribution < 1.29 is 4.79 Å². The Balaban J connectivity index is 1.74. The summed E-state index contributed by atoms with van der Waals surface area (Å²) in [6.45, 7) is 2.00. The third-order valence-electron chi connectivity index (χ3n) is 3.89. The fraction of sp³-hybridized carbons (Fsp3) is 0.294. The molecule has 0 aliphatic carbocycles. The van der Waals surface area contributed by atoms with E-state index in [1.165, 1.54) is 5.56 Å². The molecule has 0 saturated carbocycles. The van der Waals surface area contributed by atoms with E-state index in [9.17, 15) is 4.79 Å². The Morgan fingerprint density at radius 3 is 2.81 bits per heavy atom. The van der Waals surface area contributed by atoms with Crippen molar-refractivity contribution in [2.75, 3.05) is 13.1 Å². The van der Waals surface area contributed by atoms with Crippen LogP contribution in [-0.4, -0.2) is 28.9 Å². The Morgan fingerprint density at radius 1 is 1.24 bits per heavy atom. The molecule has 1 aliphatic rings. The van der Waals surface area contributed by atoms with E-state index >= 15 is 0 Å². The third kappa shape index (κ3) is 2.95. The minimum atomic E-state index is 0.0869. The number of hydrogen-bond donors (Lipinski definition) is 1. The van der Waals surface area contributed by atoms with E-state index in [1.54, 1.807) is 0 Å². The molecule has 1 aromatic carbocycles. The maximum atomic E-state index is 12.6. The summed E-state index contributed by atoms with van der Waals surface area (Å²) in [5, 5.41) is 0. The molecule has 3 rings (SSSR count). The smallest absolute Gasteiger partial charge is 0.254 e. The molecule has 0 unspecified atom stereocenters. The van der Waals surface area contributed by atoms with Gasteiger partial charge in [0.05, 0.1) is 0 Å². The number of nitrogens with zero attached hydrogens (tertiary/aromatic N) is 2. The molecular weight excluding hydrogens is 262 g/mol. The van der Waals surface area contributed by atoms with Crippen molar-refractivity contribution >= 4 is 5.91 Å². The number of carbonyl (C=O) groups is 1. The topological polar surface area (TPSA) is 59.2 Å². The maximum Gasteiger partial charge on any atom is 0.254 e. The highest BCUT2D eigenvalue weighted by Gasteiger charge is 2.22. The van der Waals surface area contributed by atoms with Crippen LogP contribution in [0.5, 0.6) is 0 Å². The molecule has 21 heavy (non-hydrogen) atoms. The van der Waals surface area contributed by atoms with Crippen LogP contribution in [0.1, 0.15) is 27.2 Å². The van der Waals surface area contributed by atoms with Crippen LogP contribution < -0.4 is 5.73 Å². The molecule has 0 radical (unpaired) electrons. The lowest BCUT2D eigenvalue weighted by molar-refractivity contribution is 0.0733. The lowest BCUT2D eigenvalue weighted by Crippen LogP contribution is -2.36. The van der Waals surface area contributed by atoms with Crippen molar-refractivity contribution in [3.05, 3.63) is 65.0 Å². The zero-order valence-corrected chi connectivity index (χ0v) is 12.0. The molecule has 2 N–H and O–H groups in total. The van der Waals surface area contributed by atoms with Crippen LogP contribution in [0.25, 0.3) is 0 Å². The van der Waals surface area contributed by atoms with Crippen LogP contribution in [0.2, 0.25) is 0 Å². The Hall–Kier alpha value is -2.20. The van der Waals surface area contributed by atoms with Crippen LogP contribution in [0.15, 0.2) is 42.6 Å². The number of amides is 1. The van der Waals surface area contributed by atoms with Crippen LogP contribution in [0.4, 0.5) is 0 Å². The second-order valence-electron chi connectivity index (χ2n) is 5.32. The van der Waals surface area contributed by atoms with Gasteiger partial charge < -0.3 is 10.6 Å². The molecule has 0 bridgehead atoms. The first-order valence-electron chi connectivity index (χ1n) is 7.29. The van der Waals surface area contributed by atoms with Gasteiger partial charge in [-0.3, -0.25) is 9.78 Å². The average molecular weight is 281 g/mol. The van der Waals surface area contributed by atoms with Crippen molar-refractivity contribution in [2.24, 2.45) is 5.73 Å². The van der Waals surface area contributed by atoms with Gasteiger partial charge in [0.1, 0.15) is 0 Å². The summed E-state index contributed by atoms with van der Waals surface area (Å²) in [5.41, 5.74) is 9.71. The number of carbonyl (C=O) groups excluding carboxylic acids is 1. The van der Waals surface area contributed by atoms with E-state index in [0.29, 0.717) is 13.1 Å². The fourth-order valence-corrected chi connectivity index (χ4v) is 2.70. The Morgan fingerprint density at radius 2 is 2.05 bits per heavy atom. The summed E-state index contributed by atoms with van der Waals surface area (Å²) in [5.74, 6) is 0.0869. The Kier molecular flexibility index (Phi) is 3.97. The predicted molar refractivity (Wildman–Crippen MR) is 81.9 cm³/mol. The summed E-state index contributed by atoms with van der Waals surface area (Å²) in [6, 6.07) is 11.7. The first-order chi connectivity index (χ1) is 10.3. The Bertz CT molecular complexity index is 637. The number of aromatic nitrogens is 1. The zero-order valence-electron chi connectivity index (χ0n) is 12.0. The van der Waals surface area contributed by atoms with Crippen LogP contribution in [0.3, 0.4) is 0 Å². The van der Waals surface area contributed by atoms with Crippen molar-refractivity contribution in [1.29, 1.82) is 0 Å². The highest BCUT2D eigenvalue weighted by atomic mass is 16.2. The van der Waals surface area contributed by atoms with Crippen molar-refractivity contribution in [3.63, 3.8) is 0 Å². The summed E-state index contributed by atoms with van der Waals surface area (Å²) in [6.07, 6.45) is 3.48. The lowest BCUT2D eigenvalue weighted by Gasteiger charge is -2.28. The first-order valence-corrected chi connectivity index (χ1v) is 7.29. The molecular formula is C17H19N3O. The molecule has 4 nitrogen and oxygen atoms in total. The van der Waals surface area contributed by atoms with E-state index in [-0.39, 0.29) is 5.91 Å². The highest BCUT2D eigenvalue weighted by molar-refractivity contribution is 5.94. The van der Waals surface area contributed by atoms with Gasteiger partial charge in [0.15, 0.2) is 0 Å². The van der Waals surface area contributed by atoms with Crippen LogP contribution in [0, 0.1) is 0 Å². The largest absolute Gasteiger partial charge is 0.334 e. The summed E-state index contributed by atoms with van der Waals surface area (Å²) >= 11 is 0. The van der Waals surface area contributed by atoms with Crippen molar-refractivity contribution in [1.82, 2.24) is 9.88 Å². The Labute approximate surface area is 124 Å². The van der Waals surface area contributed by atoms with Gasteiger partial charge in [-0.25, -0.2) is 0 Å². The average Bonchev–Trinajstić information content (AvgIpc) is 2.55. The standard InChI is InChI=1S/C17H19N3O/c18-9-7-13-3-5-14(6-4-13)17(21)20-11-8-16-15(12-20)2-1-10-19-16/h1-6,10H,7-9,11-12,18H2. The minimum absolute atomic E-state index is 0.0869. The molecule has 0 spiro atoms. The van der Waals surface area contributed by atoms with E-state index in [1.807, 2.05) is 47.5 Å². The highest BCUT2D eigenvalue weighted by Crippen LogP contribution is 2.18. The number of benzene rings is 1. The molecule has 1 amide bonds. The van der Waals surface area contributed by atoms with Gasteiger partial charge >= 0.3 is 0 Å². The number of rotatable bonds is 3. The second kappa shape index (κ2) is 6.06. The number of hydrogen-bond acceptors (Lipinski definition) is 3. The third-order valence-corrected chi connectivity index (χ3v) is 3.89. The van der Waals surface area contributed by atoms with Gasteiger partial charge in [-0.15, -0.1) is 0 Å². The lowest BCUT2D eigenvalue weighted by atomic mass is 10.0. The summed E-state index contributed by atoms with van der Waals surface area (Å²) in [4.78, 5) is 18.8. The molecule has 2 aromatic rings. The minimum Gasteiger partial charge on any atom is -0.334 e. The van der Waals surface area contributed by atoms with Crippen LogP contribution >= 0.6 is 0 Å². The monoisotopic (exact) mass is 281 g/mol. The van der Waals surface area contributed by atoms with Gasteiger partial charge in [0.25, 0.3) is 5.91 Å². The van der Waals surface area contributed by atoms with Gasteiger partial charge in [0.2, 0.25) is 0 Å². The molecule has 108 valence electrons. The normalized spacial score (nSPS) is 13.9. The van der Waals surface area contributed by atoms with Crippen molar-refractivity contribution in [3.8, 4) is 0 Å². The van der Waals surface area contributed by atoms with Crippen LogP contribution in [-0.2, 0) is 19.4 Å². The quantitative estimate of drug-likeness (QED) is 0.933. The molecule has 0 saturated heterocycles. The molecule has 1 aliphatic heterocycles. The number of fused-ring (bicyclic) bond motifs is 1. The first kappa shape index (κ1) is 13.8. The van der Waals surface area contributed by atoms with E-state index in [4.69, 9.17) is 5.73 Å². The SMILES string of the molecule is NCCc1ccc(C(=O)N2CCc3ncccc3C2)cc1. The van der Waals surface area contributed by atoms with Gasteiger partial charge in [-0.05, 0) is 42.3 Å². The molecule has 2 heterocycles. The summed E-state index contributed by atoms with van der Waals surface area (Å²) in [7, 11) is 0. The van der Waals surface area contributed by atoms with E-state index in [0.717, 1.165) is 36.2 Å². The van der Waals surface area contributed by atoms with Gasteiger partial charge in [-0.1, -0.05) is 18.2 Å². The van der Waals surface area contributed by atoms with Crippen molar-refractivity contribution in [2.45, 2.75) is 19.4 Å². The van der Waals surface area contributed by atoms with E-state index < -0.39 is 0 Å². The van der Waals surface area contributed by atoms with Gasteiger partial charge in [0, 0.05) is 37.0 Å². The molecule has 1 aromatic heterocycles. The van der Waals surface area contributed by atoms with E-state index in [2.05, 4.69) is 4.98 Å². The van der Waals surface area contributed by atoms with Gasteiger partial charge in [-0.2, -0.15) is 0 Å². The number of pyridine rings is 1. The molecule has 0 fully saturated rings. The zero-order chi connectivity index (χ0) is 14.7. The fourth-order valence-electron chi connectivity index (χ4n) is 2.70. The summed E-state index contributed by atoms with van der Waals surface area (Å²) < 4.78 is 0. The maximum absolute atomic E-state index is 12.6. The second-order valence-corrected chi connectivity index (χ2v) is 5.32.